The van der Waals surface area contributed by atoms with Crippen molar-refractivity contribution in [3.63, 3.8) is 0 Å². The van der Waals surface area contributed by atoms with Crippen LogP contribution in [-0.4, -0.2) is 68.3 Å². The normalized spacial score (nSPS) is 14.5. The summed E-state index contributed by atoms with van der Waals surface area (Å²) < 4.78 is 41.9. The Balaban J connectivity index is 1.77. The number of hydrogen-bond donors (Lipinski definition) is 0. The number of benzene rings is 2. The molecule has 0 unspecified atom stereocenters. The minimum atomic E-state index is -4.13. The number of hydrogen-bond acceptors (Lipinski definition) is 6. The highest BCUT2D eigenvalue weighted by atomic mass is 32.2. The first-order valence-corrected chi connectivity index (χ1v) is 11.9. The molecule has 0 radical (unpaired) electrons. The van der Waals surface area contributed by atoms with Crippen molar-refractivity contribution in [3.05, 3.63) is 52.9 Å². The van der Waals surface area contributed by atoms with Crippen LogP contribution in [0, 0.1) is 0 Å². The molecule has 1 aliphatic rings. The molecule has 1 amide bonds. The zero-order valence-corrected chi connectivity index (χ0v) is 19.5. The number of nitrogens with zero attached hydrogens (tertiary/aromatic N) is 4. The van der Waals surface area contributed by atoms with E-state index in [1.807, 2.05) is 0 Å². The lowest BCUT2D eigenvalue weighted by molar-refractivity contribution is -0.133. The monoisotopic (exact) mass is 474 g/mol. The van der Waals surface area contributed by atoms with Crippen LogP contribution in [0.15, 0.2) is 52.2 Å². The Bertz CT molecular complexity index is 1340. The van der Waals surface area contributed by atoms with Gasteiger partial charge in [-0.2, -0.15) is 0 Å². The predicted octanol–water partition coefficient (Wildman–Crippen LogP) is 0.940. The van der Waals surface area contributed by atoms with Gasteiger partial charge in [-0.25, -0.2) is 13.2 Å². The van der Waals surface area contributed by atoms with E-state index >= 15 is 0 Å². The second-order valence-electron chi connectivity index (χ2n) is 7.75. The molecule has 33 heavy (non-hydrogen) atoms. The number of methoxy groups -OCH3 is 1. The standard InChI is InChI=1S/C22H26N4O6S/c1-23-19-9-8-18(14-20(19)24(2)22(23)28)33(29,30)26(16-4-6-17(31-3)7-5-16)15-21(27)25-10-12-32-13-11-25/h4-9,14H,10-13,15H2,1-3H3. The number of rotatable bonds is 6. The van der Waals surface area contributed by atoms with Crippen LogP contribution in [0.4, 0.5) is 5.69 Å². The molecule has 1 saturated heterocycles. The van der Waals surface area contributed by atoms with E-state index in [-0.39, 0.29) is 23.0 Å². The highest BCUT2D eigenvalue weighted by molar-refractivity contribution is 7.92. The average Bonchev–Trinajstić information content (AvgIpc) is 3.06. The molecule has 0 atom stereocenters. The Morgan fingerprint density at radius 1 is 1.03 bits per heavy atom. The summed E-state index contributed by atoms with van der Waals surface area (Å²) in [6.45, 7) is 1.29. The fourth-order valence-electron chi connectivity index (χ4n) is 3.87. The fraction of sp³-hybridized carbons (Fsp3) is 0.364. The van der Waals surface area contributed by atoms with Gasteiger partial charge in [-0.1, -0.05) is 0 Å². The number of anilines is 1. The Kier molecular flexibility index (Phi) is 6.17. The van der Waals surface area contributed by atoms with Gasteiger partial charge >= 0.3 is 5.69 Å². The van der Waals surface area contributed by atoms with E-state index in [1.165, 1.54) is 28.4 Å². The third kappa shape index (κ3) is 4.21. The van der Waals surface area contributed by atoms with Crippen molar-refractivity contribution in [1.82, 2.24) is 14.0 Å². The van der Waals surface area contributed by atoms with E-state index in [4.69, 9.17) is 9.47 Å². The zero-order valence-electron chi connectivity index (χ0n) is 18.7. The highest BCUT2D eigenvalue weighted by Crippen LogP contribution is 2.27. The molecule has 1 fully saturated rings. The van der Waals surface area contributed by atoms with Gasteiger partial charge in [-0.15, -0.1) is 0 Å². The van der Waals surface area contributed by atoms with Gasteiger partial charge < -0.3 is 14.4 Å². The number of ether oxygens (including phenoxy) is 2. The molecular weight excluding hydrogens is 448 g/mol. The van der Waals surface area contributed by atoms with Gasteiger partial charge in [0.25, 0.3) is 10.0 Å². The van der Waals surface area contributed by atoms with E-state index in [1.54, 1.807) is 49.3 Å². The van der Waals surface area contributed by atoms with Crippen LogP contribution < -0.4 is 14.7 Å². The third-order valence-electron chi connectivity index (χ3n) is 5.83. The number of imidazole rings is 1. The van der Waals surface area contributed by atoms with Crippen molar-refractivity contribution in [1.29, 1.82) is 0 Å². The van der Waals surface area contributed by atoms with Crippen LogP contribution in [-0.2, 0) is 33.7 Å². The number of morpholine rings is 1. The number of aryl methyl sites for hydroxylation is 2. The molecule has 0 saturated carbocycles. The van der Waals surface area contributed by atoms with Crippen molar-refractivity contribution in [3.8, 4) is 5.75 Å². The van der Waals surface area contributed by atoms with Gasteiger partial charge in [0.2, 0.25) is 5.91 Å². The smallest absolute Gasteiger partial charge is 0.328 e. The van der Waals surface area contributed by atoms with Crippen molar-refractivity contribution in [2.75, 3.05) is 44.3 Å². The molecule has 176 valence electrons. The van der Waals surface area contributed by atoms with Crippen LogP contribution in [0.3, 0.4) is 0 Å². The van der Waals surface area contributed by atoms with Crippen molar-refractivity contribution < 1.29 is 22.7 Å². The third-order valence-corrected chi connectivity index (χ3v) is 7.60. The lowest BCUT2D eigenvalue weighted by Crippen LogP contribution is -2.47. The maximum absolute atomic E-state index is 13.8. The molecule has 0 spiro atoms. The number of carbonyl (C=O) groups excluding carboxylic acids is 1. The van der Waals surface area contributed by atoms with E-state index in [2.05, 4.69) is 0 Å². The minimum absolute atomic E-state index is 0.0122. The van der Waals surface area contributed by atoms with Gasteiger partial charge in [-0.05, 0) is 42.5 Å². The molecule has 4 rings (SSSR count). The van der Waals surface area contributed by atoms with Gasteiger partial charge in [-0.3, -0.25) is 18.2 Å². The molecular formula is C22H26N4O6S. The summed E-state index contributed by atoms with van der Waals surface area (Å²) >= 11 is 0. The number of carbonyl (C=O) groups is 1. The molecule has 1 aromatic heterocycles. The Labute approximate surface area is 191 Å². The SMILES string of the molecule is COc1ccc(N(CC(=O)N2CCOCC2)S(=O)(=O)c2ccc3c(c2)n(C)c(=O)n3C)cc1. The Hall–Kier alpha value is -3.31. The topological polar surface area (TPSA) is 103 Å². The lowest BCUT2D eigenvalue weighted by atomic mass is 10.3. The number of fused-ring (bicyclic) bond motifs is 1. The predicted molar refractivity (Wildman–Crippen MR) is 123 cm³/mol. The quantitative estimate of drug-likeness (QED) is 0.527. The average molecular weight is 475 g/mol. The summed E-state index contributed by atoms with van der Waals surface area (Å²) in [6, 6.07) is 11.0. The van der Waals surface area contributed by atoms with Crippen molar-refractivity contribution in [2.24, 2.45) is 14.1 Å². The van der Waals surface area contributed by atoms with Gasteiger partial charge in [0, 0.05) is 27.2 Å². The summed E-state index contributed by atoms with van der Waals surface area (Å²) in [5.74, 6) is 0.252. The van der Waals surface area contributed by atoms with E-state index in [9.17, 15) is 18.0 Å². The largest absolute Gasteiger partial charge is 0.497 e. The summed E-state index contributed by atoms with van der Waals surface area (Å²) in [5.41, 5.74) is 1.17. The van der Waals surface area contributed by atoms with Crippen LogP contribution in [0.25, 0.3) is 11.0 Å². The summed E-state index contributed by atoms with van der Waals surface area (Å²) in [6.07, 6.45) is 0. The zero-order chi connectivity index (χ0) is 23.8. The van der Waals surface area contributed by atoms with E-state index < -0.39 is 10.0 Å². The summed E-state index contributed by atoms with van der Waals surface area (Å²) in [5, 5.41) is 0. The van der Waals surface area contributed by atoms with Crippen molar-refractivity contribution in [2.45, 2.75) is 4.90 Å². The van der Waals surface area contributed by atoms with Gasteiger partial charge in [0.15, 0.2) is 0 Å². The molecule has 0 aliphatic carbocycles. The summed E-state index contributed by atoms with van der Waals surface area (Å²) in [4.78, 5) is 26.9. The van der Waals surface area contributed by atoms with Gasteiger partial charge in [0.05, 0.1) is 41.9 Å². The maximum atomic E-state index is 13.8. The fourth-order valence-corrected chi connectivity index (χ4v) is 5.31. The van der Waals surface area contributed by atoms with Crippen LogP contribution in [0.2, 0.25) is 0 Å². The lowest BCUT2D eigenvalue weighted by Gasteiger charge is -2.30. The number of sulfonamides is 1. The minimum Gasteiger partial charge on any atom is -0.497 e. The number of aromatic nitrogens is 2. The second kappa shape index (κ2) is 8.91. The first-order valence-electron chi connectivity index (χ1n) is 10.4. The number of amides is 1. The van der Waals surface area contributed by atoms with Crippen LogP contribution in [0.1, 0.15) is 0 Å². The molecule has 3 aromatic rings. The highest BCUT2D eigenvalue weighted by Gasteiger charge is 2.30. The van der Waals surface area contributed by atoms with Crippen molar-refractivity contribution >= 4 is 32.7 Å². The van der Waals surface area contributed by atoms with E-state index in [0.29, 0.717) is 48.8 Å². The molecule has 2 heterocycles. The van der Waals surface area contributed by atoms with E-state index in [0.717, 1.165) is 4.31 Å². The molecule has 0 bridgehead atoms. The van der Waals surface area contributed by atoms with Crippen LogP contribution in [0.5, 0.6) is 5.75 Å². The molecule has 11 heteroatoms. The molecule has 2 aromatic carbocycles. The molecule has 0 N–H and O–H groups in total. The first kappa shape index (κ1) is 22.9. The molecule has 1 aliphatic heterocycles. The second-order valence-corrected chi connectivity index (χ2v) is 9.62. The van der Waals surface area contributed by atoms with Gasteiger partial charge in [0.1, 0.15) is 12.3 Å². The Morgan fingerprint density at radius 3 is 2.30 bits per heavy atom. The maximum Gasteiger partial charge on any atom is 0.328 e. The molecule has 10 nitrogen and oxygen atoms in total. The first-order chi connectivity index (χ1) is 15.7. The Morgan fingerprint density at radius 2 is 1.67 bits per heavy atom. The van der Waals surface area contributed by atoms with Crippen LogP contribution >= 0.6 is 0 Å². The summed E-state index contributed by atoms with van der Waals surface area (Å²) in [7, 11) is 0.605.